The number of anilines is 1. The Morgan fingerprint density at radius 1 is 1.44 bits per heavy atom. The van der Waals surface area contributed by atoms with E-state index in [9.17, 15) is 4.79 Å². The van der Waals surface area contributed by atoms with Crippen molar-refractivity contribution in [3.05, 3.63) is 11.4 Å². The highest BCUT2D eigenvalue weighted by Gasteiger charge is 2.18. The molecule has 0 aromatic carbocycles. The minimum absolute atomic E-state index is 0.0949. The third-order valence-electron chi connectivity index (χ3n) is 3.13. The van der Waals surface area contributed by atoms with Crippen LogP contribution in [0, 0.1) is 13.8 Å². The Labute approximate surface area is 109 Å². The quantitative estimate of drug-likeness (QED) is 0.868. The molecule has 0 radical (unpaired) electrons. The van der Waals surface area contributed by atoms with E-state index in [1.54, 1.807) is 4.68 Å². The number of carbonyl (C=O) groups excluding carboxylic acids is 1. The van der Waals surface area contributed by atoms with E-state index in [1.165, 1.54) is 0 Å². The van der Waals surface area contributed by atoms with Gasteiger partial charge < -0.3 is 10.6 Å². The first-order chi connectivity index (χ1) is 8.38. The molecule has 102 valence electrons. The average Bonchev–Trinajstić information content (AvgIpc) is 2.53. The minimum Gasteiger partial charge on any atom is -0.396 e. The van der Waals surface area contributed by atoms with Crippen molar-refractivity contribution in [2.45, 2.75) is 53.6 Å². The smallest absolute Gasteiger partial charge is 0.244 e. The van der Waals surface area contributed by atoms with Crippen molar-refractivity contribution in [1.82, 2.24) is 14.7 Å². The number of nitrogens with zero attached hydrogens (tertiary/aromatic N) is 3. The summed E-state index contributed by atoms with van der Waals surface area (Å²) in [6, 6.07) is 0.215. The molecular weight excluding hydrogens is 228 g/mol. The zero-order valence-electron chi connectivity index (χ0n) is 12.0. The zero-order valence-corrected chi connectivity index (χ0v) is 12.0. The van der Waals surface area contributed by atoms with Gasteiger partial charge in [0.15, 0.2) is 0 Å². The van der Waals surface area contributed by atoms with Crippen molar-refractivity contribution in [3.8, 4) is 0 Å². The predicted octanol–water partition coefficient (Wildman–Crippen LogP) is 1.73. The molecule has 0 spiro atoms. The van der Waals surface area contributed by atoms with E-state index < -0.39 is 0 Å². The lowest BCUT2D eigenvalue weighted by atomic mass is 10.3. The Balaban J connectivity index is 2.82. The fraction of sp³-hybridized carbons (Fsp3) is 0.692. The number of hydrogen-bond donors (Lipinski definition) is 1. The van der Waals surface area contributed by atoms with Crippen LogP contribution in [-0.2, 0) is 11.3 Å². The van der Waals surface area contributed by atoms with Crippen molar-refractivity contribution in [2.75, 3.05) is 12.3 Å². The summed E-state index contributed by atoms with van der Waals surface area (Å²) in [5.74, 6) is 0.0949. The molecule has 0 aliphatic rings. The molecule has 1 aromatic heterocycles. The van der Waals surface area contributed by atoms with Gasteiger partial charge in [0.2, 0.25) is 5.91 Å². The summed E-state index contributed by atoms with van der Waals surface area (Å²) in [7, 11) is 0. The molecule has 0 atom stereocenters. The number of hydrogen-bond acceptors (Lipinski definition) is 3. The molecule has 2 N–H and O–H groups in total. The van der Waals surface area contributed by atoms with Crippen molar-refractivity contribution in [3.63, 3.8) is 0 Å². The van der Waals surface area contributed by atoms with E-state index in [0.29, 0.717) is 5.69 Å². The zero-order chi connectivity index (χ0) is 13.9. The first-order valence-electron chi connectivity index (χ1n) is 6.47. The Morgan fingerprint density at radius 3 is 2.44 bits per heavy atom. The number of aromatic nitrogens is 2. The molecule has 0 bridgehead atoms. The Bertz CT molecular complexity index is 423. The summed E-state index contributed by atoms with van der Waals surface area (Å²) in [4.78, 5) is 14.1. The molecule has 0 fully saturated rings. The fourth-order valence-electron chi connectivity index (χ4n) is 2.00. The normalized spacial score (nSPS) is 11.0. The third-order valence-corrected chi connectivity index (χ3v) is 3.13. The number of nitrogens with two attached hydrogens (primary N) is 1. The van der Waals surface area contributed by atoms with E-state index in [-0.39, 0.29) is 18.5 Å². The van der Waals surface area contributed by atoms with Crippen LogP contribution in [0.1, 0.15) is 38.6 Å². The number of amides is 1. The average molecular weight is 252 g/mol. The van der Waals surface area contributed by atoms with Gasteiger partial charge in [-0.15, -0.1) is 0 Å². The lowest BCUT2D eigenvalue weighted by molar-refractivity contribution is -0.133. The lowest BCUT2D eigenvalue weighted by Crippen LogP contribution is -2.39. The van der Waals surface area contributed by atoms with Crippen molar-refractivity contribution in [1.29, 1.82) is 0 Å². The first-order valence-corrected chi connectivity index (χ1v) is 6.47. The van der Waals surface area contributed by atoms with E-state index in [0.717, 1.165) is 24.4 Å². The van der Waals surface area contributed by atoms with Crippen LogP contribution >= 0.6 is 0 Å². The molecule has 1 aromatic rings. The largest absolute Gasteiger partial charge is 0.396 e. The summed E-state index contributed by atoms with van der Waals surface area (Å²) >= 11 is 0. The molecule has 0 unspecified atom stereocenters. The fourth-order valence-corrected chi connectivity index (χ4v) is 2.00. The molecule has 1 heterocycles. The van der Waals surface area contributed by atoms with Gasteiger partial charge in [-0.05, 0) is 34.1 Å². The summed E-state index contributed by atoms with van der Waals surface area (Å²) < 4.78 is 1.69. The highest BCUT2D eigenvalue weighted by atomic mass is 16.2. The van der Waals surface area contributed by atoms with Gasteiger partial charge in [-0.3, -0.25) is 9.48 Å². The number of nitrogen functional groups attached to an aromatic ring is 1. The molecule has 0 aliphatic carbocycles. The van der Waals surface area contributed by atoms with Crippen LogP contribution in [-0.4, -0.2) is 33.2 Å². The summed E-state index contributed by atoms with van der Waals surface area (Å²) in [6.07, 6.45) is 0.961. The maximum atomic E-state index is 12.2. The van der Waals surface area contributed by atoms with Crippen LogP contribution < -0.4 is 5.73 Å². The van der Waals surface area contributed by atoms with Crippen LogP contribution in [0.15, 0.2) is 0 Å². The molecule has 0 saturated heterocycles. The maximum absolute atomic E-state index is 12.2. The molecule has 0 aliphatic heterocycles. The van der Waals surface area contributed by atoms with E-state index in [4.69, 9.17) is 5.73 Å². The van der Waals surface area contributed by atoms with Crippen LogP contribution in [0.4, 0.5) is 5.69 Å². The van der Waals surface area contributed by atoms with Gasteiger partial charge in [-0.1, -0.05) is 6.92 Å². The summed E-state index contributed by atoms with van der Waals surface area (Å²) in [5.41, 5.74) is 8.19. The Kier molecular flexibility index (Phi) is 4.76. The Morgan fingerprint density at radius 2 is 2.06 bits per heavy atom. The van der Waals surface area contributed by atoms with Gasteiger partial charge in [-0.2, -0.15) is 5.10 Å². The van der Waals surface area contributed by atoms with Gasteiger partial charge in [-0.25, -0.2) is 0 Å². The standard InChI is InChI=1S/C13H24N4O/c1-6-7-16(9(2)3)12(18)8-17-11(5)13(14)10(4)15-17/h9H,6-8,14H2,1-5H3. The topological polar surface area (TPSA) is 64.2 Å². The number of aryl methyl sites for hydroxylation is 1. The van der Waals surface area contributed by atoms with Crippen molar-refractivity contribution < 1.29 is 4.79 Å². The van der Waals surface area contributed by atoms with Crippen LogP contribution in [0.2, 0.25) is 0 Å². The van der Waals surface area contributed by atoms with Crippen molar-refractivity contribution in [2.24, 2.45) is 0 Å². The van der Waals surface area contributed by atoms with Gasteiger partial charge in [0, 0.05) is 12.6 Å². The summed E-state index contributed by atoms with van der Waals surface area (Å²) in [5, 5.41) is 4.30. The third kappa shape index (κ3) is 3.03. The number of rotatable bonds is 5. The Hall–Kier alpha value is -1.52. The highest BCUT2D eigenvalue weighted by molar-refractivity contribution is 5.76. The molecular formula is C13H24N4O. The monoisotopic (exact) mass is 252 g/mol. The molecule has 5 nitrogen and oxygen atoms in total. The maximum Gasteiger partial charge on any atom is 0.244 e. The van der Waals surface area contributed by atoms with Gasteiger partial charge in [0.25, 0.3) is 0 Å². The molecule has 0 saturated carbocycles. The van der Waals surface area contributed by atoms with E-state index >= 15 is 0 Å². The highest BCUT2D eigenvalue weighted by Crippen LogP contribution is 2.15. The number of carbonyl (C=O) groups is 1. The van der Waals surface area contributed by atoms with Crippen LogP contribution in [0.3, 0.4) is 0 Å². The second-order valence-electron chi connectivity index (χ2n) is 4.92. The predicted molar refractivity (Wildman–Crippen MR) is 73.3 cm³/mol. The summed E-state index contributed by atoms with van der Waals surface area (Å²) in [6.45, 7) is 10.9. The van der Waals surface area contributed by atoms with Crippen LogP contribution in [0.5, 0.6) is 0 Å². The molecule has 1 amide bonds. The van der Waals surface area contributed by atoms with Gasteiger partial charge in [0.05, 0.1) is 17.1 Å². The van der Waals surface area contributed by atoms with E-state index in [2.05, 4.69) is 12.0 Å². The van der Waals surface area contributed by atoms with Gasteiger partial charge >= 0.3 is 0 Å². The second-order valence-corrected chi connectivity index (χ2v) is 4.92. The SMILES string of the molecule is CCCN(C(=O)Cn1nc(C)c(N)c1C)C(C)C. The lowest BCUT2D eigenvalue weighted by Gasteiger charge is -2.26. The molecule has 5 heteroatoms. The van der Waals surface area contributed by atoms with E-state index in [1.807, 2.05) is 32.6 Å². The first kappa shape index (κ1) is 14.5. The molecule has 1 rings (SSSR count). The van der Waals surface area contributed by atoms with Gasteiger partial charge in [0.1, 0.15) is 6.54 Å². The minimum atomic E-state index is 0.0949. The van der Waals surface area contributed by atoms with Crippen LogP contribution in [0.25, 0.3) is 0 Å². The van der Waals surface area contributed by atoms with Crippen molar-refractivity contribution >= 4 is 11.6 Å². The molecule has 18 heavy (non-hydrogen) atoms. The second kappa shape index (κ2) is 5.89.